The van der Waals surface area contributed by atoms with Crippen LogP contribution in [-0.2, 0) is 4.79 Å². The SMILES string of the molecule is CC1(C)CC(=O)CC(C)(C)N1.[Cl-]. The zero-order valence-corrected chi connectivity index (χ0v) is 8.96. The molecule has 0 aromatic carbocycles. The molecule has 0 bridgehead atoms. The summed E-state index contributed by atoms with van der Waals surface area (Å²) in [6.07, 6.45) is 1.33. The van der Waals surface area contributed by atoms with Gasteiger partial charge in [0.25, 0.3) is 0 Å². The summed E-state index contributed by atoms with van der Waals surface area (Å²) in [6.45, 7) is 8.30. The van der Waals surface area contributed by atoms with Crippen molar-refractivity contribution in [2.24, 2.45) is 0 Å². The molecule has 0 saturated carbocycles. The minimum atomic E-state index is -0.0150. The molecule has 0 spiro atoms. The quantitative estimate of drug-likeness (QED) is 0.504. The van der Waals surface area contributed by atoms with Crippen molar-refractivity contribution in [1.82, 2.24) is 5.32 Å². The first-order valence-electron chi connectivity index (χ1n) is 4.12. The van der Waals surface area contributed by atoms with Gasteiger partial charge >= 0.3 is 0 Å². The van der Waals surface area contributed by atoms with Gasteiger partial charge in [0.1, 0.15) is 5.78 Å². The van der Waals surface area contributed by atoms with Crippen molar-refractivity contribution >= 4 is 5.78 Å². The van der Waals surface area contributed by atoms with Gasteiger partial charge in [-0.1, -0.05) is 0 Å². The monoisotopic (exact) mass is 190 g/mol. The average Bonchev–Trinajstić information content (AvgIpc) is 1.49. The molecule has 12 heavy (non-hydrogen) atoms. The van der Waals surface area contributed by atoms with Gasteiger partial charge in [0.15, 0.2) is 0 Å². The third-order valence-corrected chi connectivity index (χ3v) is 1.95. The van der Waals surface area contributed by atoms with Crippen LogP contribution in [0.1, 0.15) is 40.5 Å². The molecule has 0 aromatic heterocycles. The topological polar surface area (TPSA) is 29.1 Å². The van der Waals surface area contributed by atoms with Gasteiger partial charge in [0.05, 0.1) is 0 Å². The van der Waals surface area contributed by atoms with E-state index in [1.807, 2.05) is 0 Å². The number of carbonyl (C=O) groups is 1. The summed E-state index contributed by atoms with van der Waals surface area (Å²) in [4.78, 5) is 11.3. The predicted octanol–water partition coefficient (Wildman–Crippen LogP) is -1.50. The van der Waals surface area contributed by atoms with E-state index in [1.165, 1.54) is 0 Å². The highest BCUT2D eigenvalue weighted by molar-refractivity contribution is 5.81. The summed E-state index contributed by atoms with van der Waals surface area (Å²) in [5, 5.41) is 3.44. The van der Waals surface area contributed by atoms with Crippen molar-refractivity contribution in [2.75, 3.05) is 0 Å². The number of hydrogen-bond acceptors (Lipinski definition) is 2. The molecule has 0 amide bonds. The molecule has 0 atom stereocenters. The van der Waals surface area contributed by atoms with Crippen molar-refractivity contribution in [3.8, 4) is 0 Å². The van der Waals surface area contributed by atoms with Gasteiger partial charge in [-0.2, -0.15) is 0 Å². The minimum absolute atomic E-state index is 0. The van der Waals surface area contributed by atoms with E-state index in [4.69, 9.17) is 0 Å². The molecule has 1 aliphatic rings. The number of Topliss-reactive ketones (excluding diaryl/α,β-unsaturated/α-hetero) is 1. The Morgan fingerprint density at radius 3 is 1.67 bits per heavy atom. The first kappa shape index (κ1) is 11.9. The van der Waals surface area contributed by atoms with Crippen LogP contribution in [0.4, 0.5) is 0 Å². The van der Waals surface area contributed by atoms with Gasteiger partial charge in [0.2, 0.25) is 0 Å². The van der Waals surface area contributed by atoms with E-state index in [1.54, 1.807) is 0 Å². The lowest BCUT2D eigenvalue weighted by atomic mass is 9.82. The van der Waals surface area contributed by atoms with E-state index < -0.39 is 0 Å². The van der Waals surface area contributed by atoms with Gasteiger partial charge in [-0.25, -0.2) is 0 Å². The van der Waals surface area contributed by atoms with Crippen molar-refractivity contribution in [3.63, 3.8) is 0 Å². The Hall–Kier alpha value is -0.0800. The number of halogens is 1. The van der Waals surface area contributed by atoms with Crippen LogP contribution in [0.2, 0.25) is 0 Å². The molecule has 1 heterocycles. The Bertz CT molecular complexity index is 169. The van der Waals surface area contributed by atoms with Gasteiger partial charge < -0.3 is 17.7 Å². The Morgan fingerprint density at radius 2 is 1.42 bits per heavy atom. The van der Waals surface area contributed by atoms with Gasteiger partial charge in [-0.3, -0.25) is 4.79 Å². The van der Waals surface area contributed by atoms with E-state index >= 15 is 0 Å². The van der Waals surface area contributed by atoms with Crippen molar-refractivity contribution < 1.29 is 17.2 Å². The molecular formula is C9H17ClNO-. The summed E-state index contributed by atoms with van der Waals surface area (Å²) in [5.41, 5.74) is -0.0301. The maximum absolute atomic E-state index is 11.3. The molecule has 72 valence electrons. The van der Waals surface area contributed by atoms with Gasteiger partial charge in [0, 0.05) is 23.9 Å². The average molecular weight is 191 g/mol. The van der Waals surface area contributed by atoms with E-state index in [0.29, 0.717) is 18.6 Å². The van der Waals surface area contributed by atoms with Crippen molar-refractivity contribution in [2.45, 2.75) is 51.6 Å². The van der Waals surface area contributed by atoms with Gasteiger partial charge in [-0.15, -0.1) is 0 Å². The summed E-state index contributed by atoms with van der Waals surface area (Å²) in [5.74, 6) is 0.374. The zero-order chi connectivity index (χ0) is 8.70. The summed E-state index contributed by atoms with van der Waals surface area (Å²) in [7, 11) is 0. The third kappa shape index (κ3) is 3.11. The molecule has 0 aromatic rings. The highest BCUT2D eigenvalue weighted by Gasteiger charge is 2.36. The number of carbonyl (C=O) groups excluding carboxylic acids is 1. The number of nitrogens with one attached hydrogen (secondary N) is 1. The van der Waals surface area contributed by atoms with Crippen molar-refractivity contribution in [3.05, 3.63) is 0 Å². The molecule has 1 fully saturated rings. The standard InChI is InChI=1S/C9H17NO.ClH/c1-8(2)5-7(11)6-9(3,4)10-8;/h10H,5-6H2,1-4H3;1H/p-1. The lowest BCUT2D eigenvalue weighted by molar-refractivity contribution is -0.124. The Labute approximate surface area is 80.5 Å². The third-order valence-electron chi connectivity index (χ3n) is 1.95. The fraction of sp³-hybridized carbons (Fsp3) is 0.889. The van der Waals surface area contributed by atoms with Crippen molar-refractivity contribution in [1.29, 1.82) is 0 Å². The lowest BCUT2D eigenvalue weighted by Gasteiger charge is -2.41. The second-order valence-corrected chi connectivity index (χ2v) is 4.78. The molecule has 1 saturated heterocycles. The maximum atomic E-state index is 11.3. The van der Waals surface area contributed by atoms with Crippen LogP contribution < -0.4 is 17.7 Å². The first-order chi connectivity index (χ1) is 4.81. The molecule has 0 aliphatic carbocycles. The summed E-state index contributed by atoms with van der Waals surface area (Å²) < 4.78 is 0. The van der Waals surface area contributed by atoms with E-state index in [0.717, 1.165) is 0 Å². The normalized spacial score (nSPS) is 26.2. The highest BCUT2D eigenvalue weighted by atomic mass is 35.5. The first-order valence-corrected chi connectivity index (χ1v) is 4.12. The van der Waals surface area contributed by atoms with E-state index in [-0.39, 0.29) is 23.5 Å². The highest BCUT2D eigenvalue weighted by Crippen LogP contribution is 2.25. The van der Waals surface area contributed by atoms with E-state index in [2.05, 4.69) is 33.0 Å². The molecule has 2 nitrogen and oxygen atoms in total. The number of piperidine rings is 1. The summed E-state index contributed by atoms with van der Waals surface area (Å²) >= 11 is 0. The van der Waals surface area contributed by atoms with Crippen LogP contribution >= 0.6 is 0 Å². The second-order valence-electron chi connectivity index (χ2n) is 4.78. The number of hydrogen-bond donors (Lipinski definition) is 1. The maximum Gasteiger partial charge on any atom is 0.136 e. The molecule has 1 N–H and O–H groups in total. The van der Waals surface area contributed by atoms with Crippen LogP contribution in [0.3, 0.4) is 0 Å². The lowest BCUT2D eigenvalue weighted by Crippen LogP contribution is -3.00. The molecule has 0 unspecified atom stereocenters. The zero-order valence-electron chi connectivity index (χ0n) is 8.20. The smallest absolute Gasteiger partial charge is 0.136 e. The largest absolute Gasteiger partial charge is 1.00 e. The van der Waals surface area contributed by atoms with Crippen LogP contribution in [0.5, 0.6) is 0 Å². The second kappa shape index (κ2) is 3.35. The predicted molar refractivity (Wildman–Crippen MR) is 45.5 cm³/mol. The van der Waals surface area contributed by atoms with Crippen LogP contribution in [0.15, 0.2) is 0 Å². The van der Waals surface area contributed by atoms with E-state index in [9.17, 15) is 4.79 Å². The Balaban J connectivity index is 0.00000121. The fourth-order valence-electron chi connectivity index (χ4n) is 2.05. The Morgan fingerprint density at radius 1 is 1.08 bits per heavy atom. The molecule has 1 aliphatic heterocycles. The summed E-state index contributed by atoms with van der Waals surface area (Å²) in [6, 6.07) is 0. The Kier molecular flexibility index (Phi) is 3.32. The van der Waals surface area contributed by atoms with Gasteiger partial charge in [-0.05, 0) is 27.7 Å². The molecule has 0 radical (unpaired) electrons. The minimum Gasteiger partial charge on any atom is -1.00 e. The molecule has 3 heteroatoms. The fourth-order valence-corrected chi connectivity index (χ4v) is 2.05. The molecular weight excluding hydrogens is 174 g/mol. The number of ketones is 1. The van der Waals surface area contributed by atoms with Crippen LogP contribution in [0, 0.1) is 0 Å². The molecule has 1 rings (SSSR count). The number of rotatable bonds is 0. The van der Waals surface area contributed by atoms with Crippen LogP contribution in [0.25, 0.3) is 0 Å². The van der Waals surface area contributed by atoms with Crippen LogP contribution in [-0.4, -0.2) is 16.9 Å².